The zero-order valence-corrected chi connectivity index (χ0v) is 10.8. The van der Waals surface area contributed by atoms with Crippen LogP contribution in [0, 0.1) is 6.92 Å². The van der Waals surface area contributed by atoms with Gasteiger partial charge in [-0.3, -0.25) is 0 Å². The molecular formula is C12H15NO6. The van der Waals surface area contributed by atoms with Gasteiger partial charge in [0.05, 0.1) is 13.2 Å². The largest absolute Gasteiger partial charge is 0.516 e. The highest BCUT2D eigenvalue weighted by atomic mass is 16.7. The summed E-state index contributed by atoms with van der Waals surface area (Å²) in [5.41, 5.74) is 0.708. The molecule has 0 fully saturated rings. The lowest BCUT2D eigenvalue weighted by atomic mass is 10.0. The molecular weight excluding hydrogens is 254 g/mol. The molecule has 1 aromatic heterocycles. The molecule has 0 aliphatic heterocycles. The molecule has 0 bridgehead atoms. The number of carbonyl (C=O) groups excluding carboxylic acids is 2. The molecule has 0 spiro atoms. The van der Waals surface area contributed by atoms with Gasteiger partial charge < -0.3 is 19.7 Å². The topological polar surface area (TPSA) is 106 Å². The Hall–Kier alpha value is -1.99. The third-order valence-corrected chi connectivity index (χ3v) is 2.43. The van der Waals surface area contributed by atoms with Crippen LogP contribution >= 0.6 is 0 Å². The number of methoxy groups -OCH3 is 1. The van der Waals surface area contributed by atoms with E-state index in [4.69, 9.17) is 0 Å². The van der Waals surface area contributed by atoms with Crippen molar-refractivity contribution in [3.8, 4) is 0 Å². The van der Waals surface area contributed by atoms with E-state index in [1.165, 1.54) is 19.2 Å². The van der Waals surface area contributed by atoms with Gasteiger partial charge in [-0.05, 0) is 25.5 Å². The molecule has 0 saturated heterocycles. The molecule has 1 heterocycles. The summed E-state index contributed by atoms with van der Waals surface area (Å²) in [4.78, 5) is 26.2. The van der Waals surface area contributed by atoms with Crippen molar-refractivity contribution < 1.29 is 29.3 Å². The summed E-state index contributed by atoms with van der Waals surface area (Å²) in [6.45, 7) is 3.00. The van der Waals surface area contributed by atoms with Crippen LogP contribution in [0.15, 0.2) is 12.3 Å². The Balaban J connectivity index is 2.94. The number of esters is 1. The van der Waals surface area contributed by atoms with Crippen molar-refractivity contribution in [2.24, 2.45) is 0 Å². The summed E-state index contributed by atoms with van der Waals surface area (Å²) in [5.74, 6) is -0.942. The van der Waals surface area contributed by atoms with E-state index < -0.39 is 24.3 Å². The predicted octanol–water partition coefficient (Wildman–Crippen LogP) is 0.727. The fraction of sp³-hybridized carbons (Fsp3) is 0.417. The summed E-state index contributed by atoms with van der Waals surface area (Å²) in [5, 5.41) is 18.9. The van der Waals surface area contributed by atoms with Gasteiger partial charge in [-0.2, -0.15) is 0 Å². The van der Waals surface area contributed by atoms with E-state index in [9.17, 15) is 19.8 Å². The number of rotatable bonds is 3. The minimum atomic E-state index is -1.13. The van der Waals surface area contributed by atoms with E-state index in [2.05, 4.69) is 14.5 Å². The van der Waals surface area contributed by atoms with Gasteiger partial charge in [0.15, 0.2) is 5.69 Å². The zero-order chi connectivity index (χ0) is 14.6. The van der Waals surface area contributed by atoms with E-state index in [0.29, 0.717) is 11.1 Å². The number of nitrogens with zero attached hydrogens (tertiary/aromatic N) is 1. The molecule has 0 aliphatic carbocycles. The maximum absolute atomic E-state index is 11.6. The van der Waals surface area contributed by atoms with Crippen LogP contribution in [0.25, 0.3) is 0 Å². The maximum atomic E-state index is 11.6. The lowest BCUT2D eigenvalue weighted by Crippen LogP contribution is -2.17. The molecule has 0 saturated carbocycles. The molecule has 19 heavy (non-hydrogen) atoms. The highest BCUT2D eigenvalue weighted by Gasteiger charge is 2.20. The van der Waals surface area contributed by atoms with Gasteiger partial charge in [0.2, 0.25) is 0 Å². The molecule has 0 aromatic carbocycles. The Labute approximate surface area is 109 Å². The van der Waals surface area contributed by atoms with Crippen LogP contribution in [0.5, 0.6) is 0 Å². The summed E-state index contributed by atoms with van der Waals surface area (Å²) in [7, 11) is 1.08. The first-order valence-electron chi connectivity index (χ1n) is 5.49. The normalized spacial score (nSPS) is 13.5. The number of hydrogen-bond donors (Lipinski definition) is 2. The first-order valence-corrected chi connectivity index (χ1v) is 5.49. The van der Waals surface area contributed by atoms with E-state index in [0.717, 1.165) is 7.11 Å². The third kappa shape index (κ3) is 3.73. The Bertz CT molecular complexity index is 485. The van der Waals surface area contributed by atoms with Gasteiger partial charge in [-0.15, -0.1) is 0 Å². The van der Waals surface area contributed by atoms with Crippen LogP contribution in [0.2, 0.25) is 0 Å². The Kier molecular flexibility index (Phi) is 4.96. The molecule has 2 atom stereocenters. The second-order valence-corrected chi connectivity index (χ2v) is 3.96. The monoisotopic (exact) mass is 269 g/mol. The minimum absolute atomic E-state index is 0.0630. The number of carbonyl (C=O) groups is 2. The summed E-state index contributed by atoms with van der Waals surface area (Å²) < 4.78 is 8.53. The fourth-order valence-electron chi connectivity index (χ4n) is 1.42. The number of aliphatic hydroxyl groups is 2. The van der Waals surface area contributed by atoms with E-state index in [1.54, 1.807) is 6.92 Å². The molecule has 0 aliphatic rings. The lowest BCUT2D eigenvalue weighted by molar-refractivity contribution is 0.0302. The molecule has 7 heteroatoms. The van der Waals surface area contributed by atoms with Gasteiger partial charge in [0.1, 0.15) is 6.10 Å². The van der Waals surface area contributed by atoms with Gasteiger partial charge in [-0.25, -0.2) is 14.6 Å². The first-order chi connectivity index (χ1) is 8.86. The van der Waals surface area contributed by atoms with Gasteiger partial charge in [0.25, 0.3) is 0 Å². The molecule has 2 unspecified atom stereocenters. The molecule has 0 amide bonds. The second kappa shape index (κ2) is 6.26. The zero-order valence-electron chi connectivity index (χ0n) is 10.8. The second-order valence-electron chi connectivity index (χ2n) is 3.96. The maximum Gasteiger partial charge on any atom is 0.516 e. The van der Waals surface area contributed by atoms with E-state index >= 15 is 0 Å². The smallest absolute Gasteiger partial charge is 0.437 e. The summed E-state index contributed by atoms with van der Waals surface area (Å²) in [6.07, 6.45) is -1.96. The number of aryl methyl sites for hydroxylation is 1. The molecule has 1 rings (SSSR count). The van der Waals surface area contributed by atoms with Crippen molar-refractivity contribution in [2.75, 3.05) is 7.11 Å². The molecule has 7 nitrogen and oxygen atoms in total. The number of ether oxygens (including phenoxy) is 2. The van der Waals surface area contributed by atoms with Gasteiger partial charge in [0, 0.05) is 11.8 Å². The van der Waals surface area contributed by atoms with Crippen molar-refractivity contribution in [3.05, 3.63) is 29.1 Å². The average molecular weight is 269 g/mol. The highest BCUT2D eigenvalue weighted by molar-refractivity contribution is 5.94. The van der Waals surface area contributed by atoms with E-state index in [1.807, 2.05) is 0 Å². The Morgan fingerprint density at radius 1 is 1.37 bits per heavy atom. The van der Waals surface area contributed by atoms with Crippen molar-refractivity contribution in [3.63, 3.8) is 0 Å². The van der Waals surface area contributed by atoms with Gasteiger partial charge in [-0.1, -0.05) is 0 Å². The summed E-state index contributed by atoms with van der Waals surface area (Å²) >= 11 is 0. The van der Waals surface area contributed by atoms with Crippen molar-refractivity contribution in [2.45, 2.75) is 26.1 Å². The van der Waals surface area contributed by atoms with Crippen LogP contribution in [0.1, 0.15) is 34.6 Å². The molecule has 104 valence electrons. The Morgan fingerprint density at radius 3 is 2.47 bits per heavy atom. The van der Waals surface area contributed by atoms with Crippen LogP contribution in [-0.4, -0.2) is 40.5 Å². The van der Waals surface area contributed by atoms with Crippen LogP contribution < -0.4 is 0 Å². The molecule has 0 radical (unpaired) electrons. The number of hydrogen-bond acceptors (Lipinski definition) is 7. The number of pyridine rings is 1. The lowest BCUT2D eigenvalue weighted by Gasteiger charge is -2.14. The fourth-order valence-corrected chi connectivity index (χ4v) is 1.42. The van der Waals surface area contributed by atoms with Gasteiger partial charge >= 0.3 is 12.1 Å². The molecule has 1 aromatic rings. The van der Waals surface area contributed by atoms with Crippen molar-refractivity contribution >= 4 is 12.1 Å². The van der Waals surface area contributed by atoms with Crippen LogP contribution in [-0.2, 0) is 9.47 Å². The number of aromatic nitrogens is 1. The highest BCUT2D eigenvalue weighted by Crippen LogP contribution is 2.18. The average Bonchev–Trinajstić information content (AvgIpc) is 2.37. The Morgan fingerprint density at radius 2 is 2.00 bits per heavy atom. The SMILES string of the molecule is COC(=O)OC(=O)c1ncc(C(O)C(C)O)cc1C. The summed E-state index contributed by atoms with van der Waals surface area (Å²) in [6, 6.07) is 1.48. The van der Waals surface area contributed by atoms with E-state index in [-0.39, 0.29) is 5.69 Å². The predicted molar refractivity (Wildman–Crippen MR) is 63.4 cm³/mol. The van der Waals surface area contributed by atoms with Crippen LogP contribution in [0.3, 0.4) is 0 Å². The minimum Gasteiger partial charge on any atom is -0.437 e. The van der Waals surface area contributed by atoms with Crippen molar-refractivity contribution in [1.29, 1.82) is 0 Å². The van der Waals surface area contributed by atoms with Crippen LogP contribution in [0.4, 0.5) is 4.79 Å². The van der Waals surface area contributed by atoms with Crippen molar-refractivity contribution in [1.82, 2.24) is 4.98 Å². The first kappa shape index (κ1) is 15.1. The third-order valence-electron chi connectivity index (χ3n) is 2.43. The molecule has 2 N–H and O–H groups in total. The quantitative estimate of drug-likeness (QED) is 0.615. The standard InChI is InChI=1S/C12H15NO6/c1-6-4-8(10(15)7(2)14)5-13-9(6)11(16)19-12(17)18-3/h4-5,7,10,14-15H,1-3H3. The number of aliphatic hydroxyl groups excluding tert-OH is 2.